The van der Waals surface area contributed by atoms with Crippen LogP contribution in [0.4, 0.5) is 0 Å². The summed E-state index contributed by atoms with van der Waals surface area (Å²) in [7, 11) is 15.5. The van der Waals surface area contributed by atoms with E-state index < -0.39 is 192 Å². The van der Waals surface area contributed by atoms with Crippen LogP contribution in [0.25, 0.3) is 0 Å². The number of methoxy groups -OCH3 is 6. The maximum atomic E-state index is 13.0. The normalized spacial score (nSPS) is 16.5. The van der Waals surface area contributed by atoms with E-state index in [1.165, 1.54) is 133 Å². The number of aryl methyl sites for hydroxylation is 4. The number of H-pyrrole nitrogens is 2. The van der Waals surface area contributed by atoms with E-state index >= 15 is 0 Å². The molecule has 4 aromatic rings. The van der Waals surface area contributed by atoms with E-state index in [-0.39, 0.29) is 52.1 Å². The van der Waals surface area contributed by atoms with Gasteiger partial charge in [-0.25, -0.2) is 0 Å². The Kier molecular flexibility index (Phi) is 65.4. The lowest BCUT2D eigenvalue weighted by Crippen LogP contribution is -2.47. The molecule has 18 atom stereocenters. The van der Waals surface area contributed by atoms with E-state index in [2.05, 4.69) is 93.1 Å². The van der Waals surface area contributed by atoms with Crippen LogP contribution in [0.2, 0.25) is 0 Å². The number of nitrogens with one attached hydrogen (secondary N) is 2. The highest BCUT2D eigenvalue weighted by Gasteiger charge is 2.55. The van der Waals surface area contributed by atoms with Gasteiger partial charge in [-0.3, -0.25) is 66.9 Å². The molecular formula is C88H154N14O29+2. The summed E-state index contributed by atoms with van der Waals surface area (Å²) in [6.45, 7) is 22.7. The molecule has 8 N–H and O–H groups in total. The van der Waals surface area contributed by atoms with E-state index in [0.717, 1.165) is 66.3 Å². The van der Waals surface area contributed by atoms with Crippen molar-refractivity contribution in [3.63, 3.8) is 0 Å². The van der Waals surface area contributed by atoms with Gasteiger partial charge >= 0.3 is 71.6 Å². The average Bonchev–Trinajstić information content (AvgIpc) is 1.65. The van der Waals surface area contributed by atoms with Crippen molar-refractivity contribution in [1.29, 1.82) is 0 Å². The zero-order valence-electron chi connectivity index (χ0n) is 80.7. The van der Waals surface area contributed by atoms with Gasteiger partial charge in [-0.15, -0.1) is 10.2 Å². The Hall–Kier alpha value is -9.92. The zero-order valence-corrected chi connectivity index (χ0v) is 80.7. The third kappa shape index (κ3) is 46.3. The topological polar surface area (TPSA) is 561 Å². The molecule has 4 aromatic heterocycles. The van der Waals surface area contributed by atoms with Crippen molar-refractivity contribution >= 4 is 71.6 Å². The first kappa shape index (κ1) is 121. The monoisotopic (exact) mass is 1870 g/mol. The number of hydrogen-bond donors (Lipinski definition) is 8. The van der Waals surface area contributed by atoms with Crippen molar-refractivity contribution in [1.82, 2.24) is 60.4 Å². The number of aromatic amines is 2. The van der Waals surface area contributed by atoms with Gasteiger partial charge in [0.25, 0.3) is 0 Å². The Balaban J connectivity index is 0.00000172. The lowest BCUT2D eigenvalue weighted by atomic mass is 9.74. The number of nitrogens with zero attached hydrogens (tertiary/aromatic N) is 12. The molecule has 0 spiro atoms. The Labute approximate surface area is 769 Å². The largest absolute Gasteiger partial charge is 0.481 e. The van der Waals surface area contributed by atoms with Gasteiger partial charge in [0, 0.05) is 91.4 Å². The quantitative estimate of drug-likeness (QED) is 0.00706. The highest BCUT2D eigenvalue weighted by atomic mass is 16.6. The Morgan fingerprint density at radius 1 is 0.420 bits per heavy atom. The third-order valence-electron chi connectivity index (χ3n) is 22.2. The molecule has 0 saturated carbocycles. The number of unbranched alkanes of at least 4 members (excludes halogenated alkanes) is 10. The fraction of sp³-hybridized carbons (Fsp3) is 0.773. The minimum absolute atomic E-state index is 0.0230. The lowest BCUT2D eigenvalue weighted by Gasteiger charge is -2.35. The molecule has 5 heterocycles. The fourth-order valence-corrected chi connectivity index (χ4v) is 15.3. The van der Waals surface area contributed by atoms with Crippen molar-refractivity contribution in [3.05, 3.63) is 49.6 Å². The molecule has 5 rings (SSSR count). The first-order valence-electron chi connectivity index (χ1n) is 45.2. The van der Waals surface area contributed by atoms with Gasteiger partial charge in [0.2, 0.25) is 12.4 Å². The number of aromatic nitrogens is 12. The van der Waals surface area contributed by atoms with Gasteiger partial charge in [-0.05, 0) is 120 Å². The molecule has 43 nitrogen and oxygen atoms in total. The van der Waals surface area contributed by atoms with Crippen molar-refractivity contribution < 1.29 is 150 Å². The third-order valence-corrected chi connectivity index (χ3v) is 22.2. The van der Waals surface area contributed by atoms with Crippen LogP contribution in [-0.2, 0) is 136 Å². The molecule has 0 bridgehead atoms. The molecule has 1 saturated heterocycles. The molecule has 1 aliphatic rings. The van der Waals surface area contributed by atoms with Crippen LogP contribution >= 0.6 is 0 Å². The summed E-state index contributed by atoms with van der Waals surface area (Å²) in [6, 6.07) is 0. The van der Waals surface area contributed by atoms with E-state index in [4.69, 9.17) is 52.1 Å². The molecule has 748 valence electrons. The molecule has 0 radical (unpaired) electrons. The van der Waals surface area contributed by atoms with Crippen LogP contribution in [-0.4, -0.2) is 310 Å². The summed E-state index contributed by atoms with van der Waals surface area (Å²) in [5, 5.41) is 88.8. The smallest absolute Gasteiger partial charge is 0.320 e. The standard InChI is InChI=1S/C27H44O15.C27H42O14.2C10H19N3.2C7H14N4/c1-8-16(38-5)21(25(34)35)15(27(37)42-10-3)12-18(40-7)20(24(32)33)14(22(28)29)11-17(39-6)19(23(30)31)13(4)26(36)41-9-2;1-8-16(36-5)20(23(30)31)14(25(33)40-10-3)11-18(38-7)21-15(26(34)41-27(21)35)12-17(37-6)19(22(28)29)13(4)24(32)39-9-2;2*1-2-3-4-5-6-7-9-13-10-8-11-12-13;2*1-10(2)5-3-6-11-7-4-8-9-11/h13-21H,8-12H2,1-7H3,(H,28,29)(H,30,31)(H,32,33)(H,34,35);13-21H,8-12H2,1-7H3,(H,28,29)(H,30,31);2*8,10H,2-7,9H2,1H3;2*4,7H,3,5-6H2,1-2H3/p+2. The number of carbonyl (C=O) groups excluding carboxylic acids is 6. The second kappa shape index (κ2) is 70.8. The van der Waals surface area contributed by atoms with E-state index in [0.29, 0.717) is 0 Å². The highest BCUT2D eigenvalue weighted by Crippen LogP contribution is 2.40. The van der Waals surface area contributed by atoms with Crippen LogP contribution < -0.4 is 9.36 Å². The number of carboxylic acids is 6. The Morgan fingerprint density at radius 2 is 0.763 bits per heavy atom. The number of esters is 6. The summed E-state index contributed by atoms with van der Waals surface area (Å²) in [4.78, 5) is 155. The molecule has 131 heavy (non-hydrogen) atoms. The molecule has 0 aromatic carbocycles. The van der Waals surface area contributed by atoms with Crippen LogP contribution in [0.15, 0.2) is 49.6 Å². The zero-order chi connectivity index (χ0) is 99.1. The second-order valence-corrected chi connectivity index (χ2v) is 32.0. The average molecular weight is 1870 g/mol. The summed E-state index contributed by atoms with van der Waals surface area (Å²) in [5.41, 5.74) is 0. The first-order chi connectivity index (χ1) is 62.5. The number of ether oxygens (including phenoxy) is 11. The molecule has 0 aliphatic carbocycles. The molecular weight excluding hydrogens is 1720 g/mol. The minimum atomic E-state index is -1.91. The first-order valence-corrected chi connectivity index (χ1v) is 45.2. The Morgan fingerprint density at radius 3 is 1.08 bits per heavy atom. The molecule has 1 aliphatic heterocycles. The minimum Gasteiger partial charge on any atom is -0.481 e. The number of carboxylic acid groups (broad SMARTS) is 6. The van der Waals surface area contributed by atoms with E-state index in [1.807, 2.05) is 43.5 Å². The van der Waals surface area contributed by atoms with Gasteiger partial charge < -0.3 is 92.5 Å². The van der Waals surface area contributed by atoms with Crippen LogP contribution in [0, 0.1) is 71.0 Å². The molecule has 1 fully saturated rings. The summed E-state index contributed by atoms with van der Waals surface area (Å²) < 4.78 is 64.9. The molecule has 43 heteroatoms. The van der Waals surface area contributed by atoms with Crippen molar-refractivity contribution in [2.75, 3.05) is 110 Å². The second-order valence-electron chi connectivity index (χ2n) is 32.0. The summed E-state index contributed by atoms with van der Waals surface area (Å²) >= 11 is 0. The maximum Gasteiger partial charge on any atom is 0.320 e. The van der Waals surface area contributed by atoms with Crippen LogP contribution in [0.5, 0.6) is 0 Å². The van der Waals surface area contributed by atoms with Gasteiger partial charge in [-0.2, -0.15) is 9.36 Å². The predicted molar refractivity (Wildman–Crippen MR) is 471 cm³/mol. The summed E-state index contributed by atoms with van der Waals surface area (Å²) in [5.74, 6) is -32.0. The van der Waals surface area contributed by atoms with Crippen LogP contribution in [0.1, 0.15) is 198 Å². The number of aliphatic carboxylic acids is 6. The predicted octanol–water partition coefficient (Wildman–Crippen LogP) is 7.30. The lowest BCUT2D eigenvalue weighted by molar-refractivity contribution is -0.753. The SMILES string of the molecule is CCCCCCCCn1ccnn1.CCCCCCCCn1ccnn1.CCOC(=O)C(C)C(C(=O)O)C(CC(C(=O)O)C(C(=O)O)C(CC(C(=O)OCC)C(C(=O)O)C(CC)OC)OC)OC.CCOC(=O)C(C)C(C(=O)O)C(CC1C(=O)OC(=O)C1C(CC(C(=O)OCC)C(C(=O)O)C(CC)OC)OC)OC.CN(C)CCC[n+]1ccn[nH]1.CN(C)CCC[n+]1ccn[nH]1. The number of rotatable bonds is 63. The Bertz CT molecular complexity index is 3650. The van der Waals surface area contributed by atoms with Gasteiger partial charge in [0.15, 0.2) is 12.4 Å². The molecule has 0 amide bonds. The maximum absolute atomic E-state index is 13.0. The van der Waals surface area contributed by atoms with Crippen molar-refractivity contribution in [2.45, 2.75) is 260 Å². The van der Waals surface area contributed by atoms with Gasteiger partial charge in [0.1, 0.15) is 13.1 Å². The fourth-order valence-electron chi connectivity index (χ4n) is 15.3. The van der Waals surface area contributed by atoms with E-state index in [1.54, 1.807) is 52.5 Å². The number of carbonyl (C=O) groups is 12. The van der Waals surface area contributed by atoms with Crippen LogP contribution in [0.3, 0.4) is 0 Å². The number of cyclic esters (lactones) is 2. The van der Waals surface area contributed by atoms with Crippen molar-refractivity contribution in [2.24, 2.45) is 71.0 Å². The highest BCUT2D eigenvalue weighted by molar-refractivity contribution is 5.97. The van der Waals surface area contributed by atoms with Gasteiger partial charge in [0.05, 0.1) is 146 Å². The molecule has 18 unspecified atom stereocenters. The number of hydrogen-bond acceptors (Lipinski definition) is 31. The van der Waals surface area contributed by atoms with Crippen molar-refractivity contribution in [3.8, 4) is 0 Å². The summed E-state index contributed by atoms with van der Waals surface area (Å²) in [6.07, 6.45) is 24.1. The van der Waals surface area contributed by atoms with E-state index in [9.17, 15) is 88.2 Å². The van der Waals surface area contributed by atoms with Gasteiger partial charge in [-0.1, -0.05) is 127 Å².